The van der Waals surface area contributed by atoms with Crippen LogP contribution in [0.4, 0.5) is 0 Å². The summed E-state index contributed by atoms with van der Waals surface area (Å²) in [7, 11) is 0. The van der Waals surface area contributed by atoms with Gasteiger partial charge in [0.25, 0.3) is 0 Å². The predicted octanol–water partition coefficient (Wildman–Crippen LogP) is 4.43. The van der Waals surface area contributed by atoms with Gasteiger partial charge in [-0.1, -0.05) is 41.4 Å². The van der Waals surface area contributed by atoms with Crippen LogP contribution in [0.2, 0.25) is 10.0 Å². The molecule has 26 heavy (non-hydrogen) atoms. The van der Waals surface area contributed by atoms with Crippen molar-refractivity contribution < 1.29 is 9.15 Å². The van der Waals surface area contributed by atoms with Crippen molar-refractivity contribution in [3.8, 4) is 5.75 Å². The van der Waals surface area contributed by atoms with Crippen molar-refractivity contribution in [3.63, 3.8) is 0 Å². The second-order valence-electron chi connectivity index (χ2n) is 5.91. The molecule has 0 aliphatic rings. The monoisotopic (exact) mass is 393 g/mol. The van der Waals surface area contributed by atoms with E-state index in [-0.39, 0.29) is 10.4 Å². The van der Waals surface area contributed by atoms with E-state index >= 15 is 0 Å². The van der Waals surface area contributed by atoms with E-state index in [4.69, 9.17) is 32.4 Å². The number of halogens is 2. The van der Waals surface area contributed by atoms with Gasteiger partial charge in [-0.2, -0.15) is 0 Å². The van der Waals surface area contributed by atoms with Crippen LogP contribution in [0.5, 0.6) is 5.75 Å². The van der Waals surface area contributed by atoms with E-state index in [0.29, 0.717) is 30.1 Å². The van der Waals surface area contributed by atoms with Crippen molar-refractivity contribution in [1.82, 2.24) is 4.57 Å². The summed E-state index contributed by atoms with van der Waals surface area (Å²) in [5.74, 6) is 0.116. The molecule has 0 aliphatic carbocycles. The summed E-state index contributed by atoms with van der Waals surface area (Å²) in [6.07, 6.45) is 1.39. The fraction of sp³-hybridized carbons (Fsp3) is 0.263. The molecule has 0 unspecified atom stereocenters. The molecule has 1 aromatic heterocycles. The Hall–Kier alpha value is -2.24. The molecule has 1 heterocycles. The molecule has 136 valence electrons. The van der Waals surface area contributed by atoms with Crippen LogP contribution in [0.1, 0.15) is 18.4 Å². The Labute approximate surface area is 159 Å². The quantitative estimate of drug-likeness (QED) is 0.581. The second kappa shape index (κ2) is 7.98. The maximum Gasteiger partial charge on any atom is 0.422 e. The predicted molar refractivity (Wildman–Crippen MR) is 103 cm³/mol. The molecule has 0 saturated heterocycles. The van der Waals surface area contributed by atoms with Crippen molar-refractivity contribution in [2.75, 3.05) is 6.61 Å². The van der Waals surface area contributed by atoms with Gasteiger partial charge in [0.1, 0.15) is 5.75 Å². The third-order valence-electron chi connectivity index (χ3n) is 4.05. The van der Waals surface area contributed by atoms with Crippen LogP contribution in [-0.4, -0.2) is 11.2 Å². The van der Waals surface area contributed by atoms with Crippen LogP contribution in [0.3, 0.4) is 0 Å². The van der Waals surface area contributed by atoms with Crippen molar-refractivity contribution in [1.29, 1.82) is 0 Å². The maximum absolute atomic E-state index is 12.1. The topological polar surface area (TPSA) is 61.4 Å². The Morgan fingerprint density at radius 1 is 1.12 bits per heavy atom. The van der Waals surface area contributed by atoms with E-state index in [0.717, 1.165) is 17.7 Å². The van der Waals surface area contributed by atoms with E-state index in [2.05, 4.69) is 0 Å². The Morgan fingerprint density at radius 3 is 2.65 bits per heavy atom. The average molecular weight is 394 g/mol. The molecule has 3 rings (SSSR count). The molecule has 3 aromatic rings. The SMILES string of the molecule is Cc1ccccc1OCCCCn1c(=O)oc(=O)c2cc(Cl)cc(Cl)c21. The lowest BCUT2D eigenvalue weighted by atomic mass is 10.2. The van der Waals surface area contributed by atoms with Crippen LogP contribution < -0.4 is 16.1 Å². The molecule has 0 radical (unpaired) electrons. The first-order valence-electron chi connectivity index (χ1n) is 8.18. The fourth-order valence-electron chi connectivity index (χ4n) is 2.75. The lowest BCUT2D eigenvalue weighted by Gasteiger charge is -2.11. The molecule has 0 N–H and O–H groups in total. The van der Waals surface area contributed by atoms with Gasteiger partial charge in [0.2, 0.25) is 0 Å². The summed E-state index contributed by atoms with van der Waals surface area (Å²) >= 11 is 12.1. The van der Waals surface area contributed by atoms with E-state index in [1.54, 1.807) is 0 Å². The number of nitrogens with zero attached hydrogens (tertiary/aromatic N) is 1. The summed E-state index contributed by atoms with van der Waals surface area (Å²) in [5.41, 5.74) is 0.675. The van der Waals surface area contributed by atoms with Crippen molar-refractivity contribution in [2.24, 2.45) is 0 Å². The third kappa shape index (κ3) is 3.94. The minimum absolute atomic E-state index is 0.193. The standard InChI is InChI=1S/C19H17Cl2NO4/c1-12-6-2-3-7-16(12)25-9-5-4-8-22-17-14(18(23)26-19(22)24)10-13(20)11-15(17)21/h2-3,6-7,10-11H,4-5,8-9H2,1H3. The maximum atomic E-state index is 12.1. The smallest absolute Gasteiger partial charge is 0.422 e. The summed E-state index contributed by atoms with van der Waals surface area (Å²) < 4.78 is 11.9. The highest BCUT2D eigenvalue weighted by Crippen LogP contribution is 2.25. The van der Waals surface area contributed by atoms with Crippen LogP contribution in [0.15, 0.2) is 50.4 Å². The third-order valence-corrected chi connectivity index (χ3v) is 4.55. The lowest BCUT2D eigenvalue weighted by Crippen LogP contribution is -2.25. The number of aromatic nitrogens is 1. The summed E-state index contributed by atoms with van der Waals surface area (Å²) in [6, 6.07) is 10.7. The van der Waals surface area contributed by atoms with Crippen LogP contribution >= 0.6 is 23.2 Å². The number of ether oxygens (including phenoxy) is 1. The Balaban J connectivity index is 1.72. The molecule has 0 atom stereocenters. The van der Waals surface area contributed by atoms with E-state index < -0.39 is 11.4 Å². The molecule has 0 aliphatic heterocycles. The van der Waals surface area contributed by atoms with Gasteiger partial charge in [0.05, 0.1) is 22.5 Å². The molecule has 0 saturated carbocycles. The second-order valence-corrected chi connectivity index (χ2v) is 6.76. The molecule has 2 aromatic carbocycles. The lowest BCUT2D eigenvalue weighted by molar-refractivity contribution is 0.299. The molecule has 0 fully saturated rings. The zero-order chi connectivity index (χ0) is 18.7. The number of para-hydroxylation sites is 1. The highest BCUT2D eigenvalue weighted by molar-refractivity contribution is 6.38. The van der Waals surface area contributed by atoms with Gasteiger partial charge in [-0.25, -0.2) is 9.59 Å². The number of aryl methyl sites for hydroxylation is 2. The van der Waals surface area contributed by atoms with Gasteiger partial charge < -0.3 is 9.15 Å². The Kier molecular flexibility index (Phi) is 5.69. The van der Waals surface area contributed by atoms with Crippen LogP contribution in [0, 0.1) is 6.92 Å². The largest absolute Gasteiger partial charge is 0.493 e. The molecule has 7 heteroatoms. The van der Waals surface area contributed by atoms with Crippen LogP contribution in [0.25, 0.3) is 10.9 Å². The summed E-state index contributed by atoms with van der Waals surface area (Å²) in [4.78, 5) is 24.0. The molecule has 5 nitrogen and oxygen atoms in total. The Bertz CT molecular complexity index is 1060. The molecular formula is C19H17Cl2NO4. The van der Waals surface area contributed by atoms with Gasteiger partial charge >= 0.3 is 11.4 Å². The fourth-order valence-corrected chi connectivity index (χ4v) is 3.35. The van der Waals surface area contributed by atoms with Crippen LogP contribution in [-0.2, 0) is 6.54 Å². The molecule has 0 amide bonds. The first-order chi connectivity index (χ1) is 12.5. The van der Waals surface area contributed by atoms with E-state index in [9.17, 15) is 9.59 Å². The minimum Gasteiger partial charge on any atom is -0.493 e. The van der Waals surface area contributed by atoms with Crippen molar-refractivity contribution in [3.05, 3.63) is 73.0 Å². The zero-order valence-corrected chi connectivity index (χ0v) is 15.6. The van der Waals surface area contributed by atoms with Gasteiger partial charge in [-0.15, -0.1) is 0 Å². The normalized spacial score (nSPS) is 11.0. The highest BCUT2D eigenvalue weighted by Gasteiger charge is 2.13. The number of hydrogen-bond donors (Lipinski definition) is 0. The molecule has 0 spiro atoms. The number of rotatable bonds is 6. The Morgan fingerprint density at radius 2 is 1.88 bits per heavy atom. The van der Waals surface area contributed by atoms with E-state index in [1.807, 2.05) is 31.2 Å². The average Bonchev–Trinajstić information content (AvgIpc) is 2.59. The first-order valence-corrected chi connectivity index (χ1v) is 8.94. The van der Waals surface area contributed by atoms with Crippen molar-refractivity contribution in [2.45, 2.75) is 26.3 Å². The van der Waals surface area contributed by atoms with Gasteiger partial charge in [-0.05, 0) is 43.5 Å². The first kappa shape index (κ1) is 18.5. The van der Waals surface area contributed by atoms with E-state index in [1.165, 1.54) is 16.7 Å². The number of hydrogen-bond acceptors (Lipinski definition) is 4. The molecular weight excluding hydrogens is 377 g/mol. The molecule has 0 bridgehead atoms. The summed E-state index contributed by atoms with van der Waals surface area (Å²) in [5, 5.41) is 0.749. The number of fused-ring (bicyclic) bond motifs is 1. The van der Waals surface area contributed by atoms with Crippen molar-refractivity contribution >= 4 is 34.1 Å². The zero-order valence-electron chi connectivity index (χ0n) is 14.1. The minimum atomic E-state index is -0.742. The summed E-state index contributed by atoms with van der Waals surface area (Å²) in [6.45, 7) is 2.87. The highest BCUT2D eigenvalue weighted by atomic mass is 35.5. The van der Waals surface area contributed by atoms with Gasteiger partial charge in [-0.3, -0.25) is 4.57 Å². The van der Waals surface area contributed by atoms with Gasteiger partial charge in [0, 0.05) is 11.6 Å². The number of unbranched alkanes of at least 4 members (excludes halogenated alkanes) is 1. The van der Waals surface area contributed by atoms with Gasteiger partial charge in [0.15, 0.2) is 0 Å². The number of benzene rings is 2.